The first kappa shape index (κ1) is 12.7. The summed E-state index contributed by atoms with van der Waals surface area (Å²) >= 11 is 3.63. The molecule has 0 saturated carbocycles. The molecule has 0 aliphatic carbocycles. The Morgan fingerprint density at radius 2 is 2.12 bits per heavy atom. The second-order valence-corrected chi connectivity index (χ2v) is 5.00. The van der Waals surface area contributed by atoms with Crippen LogP contribution in [0.1, 0.15) is 25.8 Å². The van der Waals surface area contributed by atoms with Crippen molar-refractivity contribution in [2.24, 2.45) is 0 Å². The molecule has 1 aromatic heterocycles. The molecule has 0 atom stereocenters. The van der Waals surface area contributed by atoms with Crippen molar-refractivity contribution in [3.05, 3.63) is 34.4 Å². The van der Waals surface area contributed by atoms with E-state index in [-0.39, 0.29) is 0 Å². The lowest BCUT2D eigenvalue weighted by atomic mass is 10.1. The lowest BCUT2D eigenvalue weighted by Gasteiger charge is -2.05. The third kappa shape index (κ3) is 2.55. The van der Waals surface area contributed by atoms with Gasteiger partial charge in [-0.05, 0) is 30.5 Å². The van der Waals surface area contributed by atoms with Gasteiger partial charge in [0, 0.05) is 22.7 Å². The highest BCUT2D eigenvalue weighted by atomic mass is 79.9. The number of ether oxygens (including phenoxy) is 1. The molecular formula is C14H18BrNO. The summed E-state index contributed by atoms with van der Waals surface area (Å²) in [6.07, 6.45) is 4.30. The van der Waals surface area contributed by atoms with E-state index in [9.17, 15) is 0 Å². The van der Waals surface area contributed by atoms with E-state index in [0.29, 0.717) is 6.73 Å². The zero-order valence-electron chi connectivity index (χ0n) is 10.4. The van der Waals surface area contributed by atoms with Gasteiger partial charge in [-0.15, -0.1) is 0 Å². The molecule has 92 valence electrons. The molecule has 17 heavy (non-hydrogen) atoms. The van der Waals surface area contributed by atoms with Crippen molar-refractivity contribution in [2.75, 3.05) is 6.61 Å². The van der Waals surface area contributed by atoms with E-state index in [2.05, 4.69) is 58.7 Å². The van der Waals surface area contributed by atoms with E-state index in [0.717, 1.165) is 19.4 Å². The zero-order valence-corrected chi connectivity index (χ0v) is 12.0. The molecule has 0 saturated heterocycles. The van der Waals surface area contributed by atoms with E-state index in [1.165, 1.54) is 20.9 Å². The second kappa shape index (κ2) is 5.69. The number of hydrogen-bond acceptors (Lipinski definition) is 1. The number of aryl methyl sites for hydroxylation is 1. The molecular weight excluding hydrogens is 278 g/mol. The first-order valence-electron chi connectivity index (χ1n) is 6.11. The number of fused-ring (bicyclic) bond motifs is 1. The minimum Gasteiger partial charge on any atom is -0.361 e. The topological polar surface area (TPSA) is 14.2 Å². The fourth-order valence-electron chi connectivity index (χ4n) is 2.07. The van der Waals surface area contributed by atoms with E-state index >= 15 is 0 Å². The van der Waals surface area contributed by atoms with Crippen LogP contribution in [0.25, 0.3) is 10.9 Å². The largest absolute Gasteiger partial charge is 0.361 e. The van der Waals surface area contributed by atoms with Crippen LogP contribution in [0.4, 0.5) is 0 Å². The SMILES string of the molecule is CCCOCn1cc(CC)c2c(Br)cccc21. The molecule has 2 rings (SSSR count). The first-order valence-corrected chi connectivity index (χ1v) is 6.91. The maximum Gasteiger partial charge on any atom is 0.122 e. The molecule has 0 unspecified atom stereocenters. The van der Waals surface area contributed by atoms with Crippen LogP contribution < -0.4 is 0 Å². The number of halogens is 1. The Morgan fingerprint density at radius 1 is 1.29 bits per heavy atom. The molecule has 0 fully saturated rings. The summed E-state index contributed by atoms with van der Waals surface area (Å²) < 4.78 is 8.98. The second-order valence-electron chi connectivity index (χ2n) is 4.15. The first-order chi connectivity index (χ1) is 8.27. The highest BCUT2D eigenvalue weighted by Crippen LogP contribution is 2.29. The van der Waals surface area contributed by atoms with Crippen molar-refractivity contribution < 1.29 is 4.74 Å². The van der Waals surface area contributed by atoms with Crippen LogP contribution in [-0.4, -0.2) is 11.2 Å². The van der Waals surface area contributed by atoms with E-state index in [4.69, 9.17) is 4.74 Å². The van der Waals surface area contributed by atoms with Crippen LogP contribution in [0.2, 0.25) is 0 Å². The van der Waals surface area contributed by atoms with Crippen molar-refractivity contribution in [1.82, 2.24) is 4.57 Å². The van der Waals surface area contributed by atoms with Gasteiger partial charge in [-0.1, -0.05) is 35.8 Å². The summed E-state index contributed by atoms with van der Waals surface area (Å²) in [4.78, 5) is 0. The van der Waals surface area contributed by atoms with Gasteiger partial charge in [0.15, 0.2) is 0 Å². The molecule has 0 radical (unpaired) electrons. The van der Waals surface area contributed by atoms with Gasteiger partial charge in [0.1, 0.15) is 6.73 Å². The summed E-state index contributed by atoms with van der Waals surface area (Å²) in [5.74, 6) is 0. The molecule has 2 nitrogen and oxygen atoms in total. The fourth-order valence-corrected chi connectivity index (χ4v) is 2.68. The Bertz CT molecular complexity index is 504. The third-order valence-electron chi connectivity index (χ3n) is 2.89. The molecule has 1 heterocycles. The van der Waals surface area contributed by atoms with Crippen molar-refractivity contribution in [1.29, 1.82) is 0 Å². The van der Waals surface area contributed by atoms with Gasteiger partial charge in [0.05, 0.1) is 5.52 Å². The monoisotopic (exact) mass is 295 g/mol. The van der Waals surface area contributed by atoms with Crippen molar-refractivity contribution in [3.63, 3.8) is 0 Å². The Hall–Kier alpha value is -0.800. The minimum atomic E-state index is 0.640. The molecule has 0 aliphatic heterocycles. The van der Waals surface area contributed by atoms with Gasteiger partial charge < -0.3 is 9.30 Å². The summed E-state index contributed by atoms with van der Waals surface area (Å²) in [5.41, 5.74) is 2.61. The maximum absolute atomic E-state index is 5.62. The molecule has 2 aromatic rings. The molecule has 0 amide bonds. The normalized spacial score (nSPS) is 11.2. The van der Waals surface area contributed by atoms with Gasteiger partial charge in [-0.25, -0.2) is 0 Å². The number of aromatic nitrogens is 1. The third-order valence-corrected chi connectivity index (χ3v) is 3.55. The maximum atomic E-state index is 5.62. The molecule has 3 heteroatoms. The molecule has 0 bridgehead atoms. The average Bonchev–Trinajstić information content (AvgIpc) is 2.70. The Kier molecular flexibility index (Phi) is 4.24. The summed E-state index contributed by atoms with van der Waals surface area (Å²) in [6.45, 7) is 5.77. The van der Waals surface area contributed by atoms with Gasteiger partial charge in [-0.2, -0.15) is 0 Å². The highest BCUT2D eigenvalue weighted by Gasteiger charge is 2.09. The number of hydrogen-bond donors (Lipinski definition) is 0. The standard InChI is InChI=1S/C14H18BrNO/c1-3-8-17-10-16-9-11(4-2)14-12(15)6-5-7-13(14)16/h5-7,9H,3-4,8,10H2,1-2H3. The minimum absolute atomic E-state index is 0.640. The number of benzene rings is 1. The van der Waals surface area contributed by atoms with Gasteiger partial charge in [0.2, 0.25) is 0 Å². The average molecular weight is 296 g/mol. The zero-order chi connectivity index (χ0) is 12.3. The summed E-state index contributed by atoms with van der Waals surface area (Å²) in [6, 6.07) is 6.31. The van der Waals surface area contributed by atoms with Crippen molar-refractivity contribution >= 4 is 26.8 Å². The van der Waals surface area contributed by atoms with E-state index < -0.39 is 0 Å². The highest BCUT2D eigenvalue weighted by molar-refractivity contribution is 9.10. The quantitative estimate of drug-likeness (QED) is 0.748. The molecule has 1 aromatic carbocycles. The Balaban J connectivity index is 2.39. The Labute approximate surface area is 111 Å². The van der Waals surface area contributed by atoms with Gasteiger partial charge in [-0.3, -0.25) is 0 Å². The van der Waals surface area contributed by atoms with Crippen LogP contribution in [0.5, 0.6) is 0 Å². The lowest BCUT2D eigenvalue weighted by molar-refractivity contribution is 0.0803. The van der Waals surface area contributed by atoms with Gasteiger partial charge in [0.25, 0.3) is 0 Å². The van der Waals surface area contributed by atoms with Crippen LogP contribution in [0.3, 0.4) is 0 Å². The van der Waals surface area contributed by atoms with Crippen molar-refractivity contribution in [2.45, 2.75) is 33.4 Å². The predicted molar refractivity (Wildman–Crippen MR) is 75.3 cm³/mol. The summed E-state index contributed by atoms with van der Waals surface area (Å²) in [7, 11) is 0. The number of nitrogens with zero attached hydrogens (tertiary/aromatic N) is 1. The number of rotatable bonds is 5. The van der Waals surface area contributed by atoms with Crippen LogP contribution in [0.15, 0.2) is 28.9 Å². The van der Waals surface area contributed by atoms with E-state index in [1.54, 1.807) is 0 Å². The van der Waals surface area contributed by atoms with Crippen LogP contribution >= 0.6 is 15.9 Å². The smallest absolute Gasteiger partial charge is 0.122 e. The molecule has 0 spiro atoms. The molecule has 0 N–H and O–H groups in total. The summed E-state index contributed by atoms with van der Waals surface area (Å²) in [5, 5.41) is 1.31. The predicted octanol–water partition coefficient (Wildman–Crippen LogP) is 4.35. The van der Waals surface area contributed by atoms with Crippen molar-refractivity contribution in [3.8, 4) is 0 Å². The molecule has 0 aliphatic rings. The lowest BCUT2D eigenvalue weighted by Crippen LogP contribution is -2.01. The Morgan fingerprint density at radius 3 is 2.82 bits per heavy atom. The van der Waals surface area contributed by atoms with Crippen LogP contribution in [0, 0.1) is 0 Å². The van der Waals surface area contributed by atoms with Gasteiger partial charge >= 0.3 is 0 Å². The van der Waals surface area contributed by atoms with E-state index in [1.807, 2.05) is 0 Å². The van der Waals surface area contributed by atoms with Crippen LogP contribution in [-0.2, 0) is 17.9 Å². The fraction of sp³-hybridized carbons (Fsp3) is 0.429.